The Bertz CT molecular complexity index is 428. The minimum absolute atomic E-state index is 0.690. The van der Waals surface area contributed by atoms with Crippen molar-refractivity contribution in [3.05, 3.63) is 35.9 Å². The van der Waals surface area contributed by atoms with Gasteiger partial charge in [-0.3, -0.25) is 4.90 Å². The van der Waals surface area contributed by atoms with Gasteiger partial charge in [0.25, 0.3) is 0 Å². The van der Waals surface area contributed by atoms with Gasteiger partial charge in [-0.05, 0) is 57.3 Å². The van der Waals surface area contributed by atoms with Crippen molar-refractivity contribution in [2.45, 2.75) is 38.8 Å². The van der Waals surface area contributed by atoms with Gasteiger partial charge in [0.2, 0.25) is 0 Å². The smallest absolute Gasteiger partial charge is 0.0237 e. The Morgan fingerprint density at radius 2 is 1.95 bits per heavy atom. The van der Waals surface area contributed by atoms with Crippen LogP contribution >= 0.6 is 0 Å². The molecule has 1 aromatic carbocycles. The first-order chi connectivity index (χ1) is 10.8. The molecule has 0 spiro atoms. The molecule has 0 unspecified atom stereocenters. The van der Waals surface area contributed by atoms with Crippen LogP contribution in [0.25, 0.3) is 0 Å². The molecule has 2 saturated heterocycles. The Labute approximate surface area is 135 Å². The molecule has 0 amide bonds. The van der Waals surface area contributed by atoms with Gasteiger partial charge in [0.15, 0.2) is 0 Å². The molecule has 3 nitrogen and oxygen atoms in total. The standard InChI is InChI=1S/C19H31N3/c1-17-9-11-21(15-19-8-5-10-20-14-19)12-13-22(17)16-18-6-3-2-4-7-18/h2-4,6-7,17,19-20H,5,8-16H2,1H3/t17-,19-/m1/s1. The Morgan fingerprint density at radius 1 is 1.09 bits per heavy atom. The van der Waals surface area contributed by atoms with Gasteiger partial charge < -0.3 is 10.2 Å². The maximum Gasteiger partial charge on any atom is 0.0237 e. The minimum atomic E-state index is 0.690. The van der Waals surface area contributed by atoms with Crippen molar-refractivity contribution in [1.29, 1.82) is 0 Å². The molecule has 2 heterocycles. The Balaban J connectivity index is 1.51. The van der Waals surface area contributed by atoms with Crippen LogP contribution in [-0.2, 0) is 6.54 Å². The van der Waals surface area contributed by atoms with E-state index in [1.54, 1.807) is 0 Å². The zero-order valence-electron chi connectivity index (χ0n) is 14.0. The van der Waals surface area contributed by atoms with Crippen LogP contribution in [0.15, 0.2) is 30.3 Å². The first-order valence-electron chi connectivity index (χ1n) is 9.02. The number of rotatable bonds is 4. The van der Waals surface area contributed by atoms with Gasteiger partial charge in [-0.2, -0.15) is 0 Å². The summed E-state index contributed by atoms with van der Waals surface area (Å²) < 4.78 is 0. The Hall–Kier alpha value is -0.900. The maximum absolute atomic E-state index is 3.55. The molecule has 1 aromatic rings. The Kier molecular flexibility index (Phi) is 5.88. The molecule has 0 saturated carbocycles. The molecule has 0 radical (unpaired) electrons. The van der Waals surface area contributed by atoms with E-state index in [1.807, 2.05) is 0 Å². The summed E-state index contributed by atoms with van der Waals surface area (Å²) in [5.74, 6) is 0.865. The number of hydrogen-bond acceptors (Lipinski definition) is 3. The zero-order chi connectivity index (χ0) is 15.2. The van der Waals surface area contributed by atoms with Crippen LogP contribution < -0.4 is 5.32 Å². The highest BCUT2D eigenvalue weighted by Crippen LogP contribution is 2.17. The molecule has 2 aliphatic heterocycles. The van der Waals surface area contributed by atoms with Crippen molar-refractivity contribution in [3.8, 4) is 0 Å². The van der Waals surface area contributed by atoms with E-state index >= 15 is 0 Å². The summed E-state index contributed by atoms with van der Waals surface area (Å²) >= 11 is 0. The van der Waals surface area contributed by atoms with Crippen LogP contribution in [0.2, 0.25) is 0 Å². The number of benzene rings is 1. The summed E-state index contributed by atoms with van der Waals surface area (Å²) in [4.78, 5) is 5.37. The second kappa shape index (κ2) is 8.09. The van der Waals surface area contributed by atoms with Crippen molar-refractivity contribution < 1.29 is 0 Å². The summed E-state index contributed by atoms with van der Waals surface area (Å²) in [6.07, 6.45) is 4.06. The molecule has 22 heavy (non-hydrogen) atoms. The monoisotopic (exact) mass is 301 g/mol. The number of nitrogens with one attached hydrogen (secondary N) is 1. The summed E-state index contributed by atoms with van der Waals surface area (Å²) in [7, 11) is 0. The zero-order valence-corrected chi connectivity index (χ0v) is 14.0. The molecule has 0 aliphatic carbocycles. The molecular formula is C19H31N3. The third kappa shape index (κ3) is 4.55. The average molecular weight is 301 g/mol. The lowest BCUT2D eigenvalue weighted by Crippen LogP contribution is -2.39. The largest absolute Gasteiger partial charge is 0.316 e. The van der Waals surface area contributed by atoms with Gasteiger partial charge in [-0.1, -0.05) is 30.3 Å². The van der Waals surface area contributed by atoms with Gasteiger partial charge in [0.1, 0.15) is 0 Å². The van der Waals surface area contributed by atoms with E-state index < -0.39 is 0 Å². The van der Waals surface area contributed by atoms with E-state index in [0.717, 1.165) is 12.5 Å². The van der Waals surface area contributed by atoms with Crippen molar-refractivity contribution in [3.63, 3.8) is 0 Å². The normalized spacial score (nSPS) is 28.4. The minimum Gasteiger partial charge on any atom is -0.316 e. The van der Waals surface area contributed by atoms with Crippen LogP contribution in [-0.4, -0.2) is 55.1 Å². The SMILES string of the molecule is C[C@@H]1CCN(C[C@@H]2CCCNC2)CCN1Cc1ccccc1. The van der Waals surface area contributed by atoms with E-state index in [9.17, 15) is 0 Å². The van der Waals surface area contributed by atoms with E-state index in [2.05, 4.69) is 52.4 Å². The molecule has 2 atom stereocenters. The van der Waals surface area contributed by atoms with E-state index in [4.69, 9.17) is 0 Å². The molecule has 0 aromatic heterocycles. The summed E-state index contributed by atoms with van der Waals surface area (Å²) in [5.41, 5.74) is 1.44. The molecule has 0 bridgehead atoms. The van der Waals surface area contributed by atoms with Crippen molar-refractivity contribution in [1.82, 2.24) is 15.1 Å². The van der Waals surface area contributed by atoms with Crippen molar-refractivity contribution in [2.24, 2.45) is 5.92 Å². The molecule has 3 heteroatoms. The third-order valence-electron chi connectivity index (χ3n) is 5.33. The topological polar surface area (TPSA) is 18.5 Å². The lowest BCUT2D eigenvalue weighted by atomic mass is 9.99. The first-order valence-corrected chi connectivity index (χ1v) is 9.02. The number of nitrogens with zero attached hydrogens (tertiary/aromatic N) is 2. The number of hydrogen-bond donors (Lipinski definition) is 1. The van der Waals surface area contributed by atoms with Gasteiger partial charge in [0.05, 0.1) is 0 Å². The van der Waals surface area contributed by atoms with E-state index in [1.165, 1.54) is 64.1 Å². The quantitative estimate of drug-likeness (QED) is 0.922. The highest BCUT2D eigenvalue weighted by molar-refractivity contribution is 5.14. The fourth-order valence-corrected chi connectivity index (χ4v) is 3.83. The van der Waals surface area contributed by atoms with Crippen LogP contribution in [0.1, 0.15) is 31.7 Å². The molecule has 2 aliphatic rings. The van der Waals surface area contributed by atoms with Gasteiger partial charge in [0, 0.05) is 32.2 Å². The fourth-order valence-electron chi connectivity index (χ4n) is 3.83. The Morgan fingerprint density at radius 3 is 2.73 bits per heavy atom. The lowest BCUT2D eigenvalue weighted by molar-refractivity contribution is 0.195. The summed E-state index contributed by atoms with van der Waals surface area (Å²) in [5, 5.41) is 3.55. The fraction of sp³-hybridized carbons (Fsp3) is 0.684. The third-order valence-corrected chi connectivity index (χ3v) is 5.33. The highest BCUT2D eigenvalue weighted by Gasteiger charge is 2.23. The maximum atomic E-state index is 3.55. The molecule has 2 fully saturated rings. The molecular weight excluding hydrogens is 270 g/mol. The van der Waals surface area contributed by atoms with Gasteiger partial charge in [-0.15, -0.1) is 0 Å². The van der Waals surface area contributed by atoms with Crippen molar-refractivity contribution in [2.75, 3.05) is 39.3 Å². The second-order valence-corrected chi connectivity index (χ2v) is 7.11. The van der Waals surface area contributed by atoms with Crippen molar-refractivity contribution >= 4 is 0 Å². The molecule has 3 rings (SSSR count). The van der Waals surface area contributed by atoms with Gasteiger partial charge in [-0.25, -0.2) is 0 Å². The van der Waals surface area contributed by atoms with Crippen LogP contribution in [0.4, 0.5) is 0 Å². The van der Waals surface area contributed by atoms with Crippen LogP contribution in [0.3, 0.4) is 0 Å². The predicted molar refractivity (Wildman–Crippen MR) is 93.0 cm³/mol. The highest BCUT2D eigenvalue weighted by atomic mass is 15.2. The summed E-state index contributed by atoms with van der Waals surface area (Å²) in [6.45, 7) is 10.9. The van der Waals surface area contributed by atoms with Gasteiger partial charge >= 0.3 is 0 Å². The van der Waals surface area contributed by atoms with E-state index in [-0.39, 0.29) is 0 Å². The number of piperidine rings is 1. The lowest BCUT2D eigenvalue weighted by Gasteiger charge is -2.29. The summed E-state index contributed by atoms with van der Waals surface area (Å²) in [6, 6.07) is 11.6. The van der Waals surface area contributed by atoms with E-state index in [0.29, 0.717) is 6.04 Å². The van der Waals surface area contributed by atoms with Crippen LogP contribution in [0, 0.1) is 5.92 Å². The second-order valence-electron chi connectivity index (χ2n) is 7.11. The predicted octanol–water partition coefficient (Wildman–Crippen LogP) is 2.58. The molecule has 1 N–H and O–H groups in total. The van der Waals surface area contributed by atoms with Crippen LogP contribution in [0.5, 0.6) is 0 Å². The first kappa shape index (κ1) is 16.0. The average Bonchev–Trinajstić information content (AvgIpc) is 2.73. The molecule has 122 valence electrons.